The summed E-state index contributed by atoms with van der Waals surface area (Å²) in [5, 5.41) is 5.05. The molecule has 35 heavy (non-hydrogen) atoms. The third-order valence-corrected chi connectivity index (χ3v) is 5.17. The molecule has 2 N–H and O–H groups in total. The van der Waals surface area contributed by atoms with Crippen molar-refractivity contribution in [2.45, 2.75) is 32.6 Å². The lowest BCUT2D eigenvalue weighted by molar-refractivity contribution is -0.147. The van der Waals surface area contributed by atoms with Gasteiger partial charge in [0.15, 0.2) is 0 Å². The first-order valence-electron chi connectivity index (χ1n) is 11.2. The molecule has 3 aromatic rings. The van der Waals surface area contributed by atoms with Crippen molar-refractivity contribution in [1.29, 1.82) is 0 Å². The number of hydrogen-bond donors (Lipinski definition) is 2. The summed E-state index contributed by atoms with van der Waals surface area (Å²) in [6.07, 6.45) is -0.407. The average Bonchev–Trinajstić information content (AvgIpc) is 2.89. The van der Waals surface area contributed by atoms with Gasteiger partial charge in [0.2, 0.25) is 0 Å². The highest BCUT2D eigenvalue weighted by atomic mass is 19.1. The third kappa shape index (κ3) is 7.96. The lowest BCUT2D eigenvalue weighted by atomic mass is 10.1. The predicted molar refractivity (Wildman–Crippen MR) is 128 cm³/mol. The molecular formula is C27H27FN2O5. The Morgan fingerprint density at radius 1 is 0.857 bits per heavy atom. The molecule has 3 aromatic carbocycles. The summed E-state index contributed by atoms with van der Waals surface area (Å²) >= 11 is 0. The number of benzene rings is 3. The van der Waals surface area contributed by atoms with Gasteiger partial charge in [-0.3, -0.25) is 4.79 Å². The van der Waals surface area contributed by atoms with Crippen molar-refractivity contribution in [3.63, 3.8) is 0 Å². The number of ether oxygens (including phenoxy) is 2. The lowest BCUT2D eigenvalue weighted by Crippen LogP contribution is -2.49. The lowest BCUT2D eigenvalue weighted by Gasteiger charge is -2.18. The largest absolute Gasteiger partial charge is 0.459 e. The molecule has 0 saturated heterocycles. The van der Waals surface area contributed by atoms with E-state index in [0.717, 1.165) is 11.1 Å². The number of alkyl carbamates (subject to hydrolysis) is 1. The molecule has 0 aromatic heterocycles. The molecular weight excluding hydrogens is 451 g/mol. The summed E-state index contributed by atoms with van der Waals surface area (Å²) in [6.45, 7) is 1.55. The maximum atomic E-state index is 13.8. The van der Waals surface area contributed by atoms with Gasteiger partial charge in [0.05, 0.1) is 0 Å². The van der Waals surface area contributed by atoms with Gasteiger partial charge in [0.25, 0.3) is 5.91 Å². The van der Waals surface area contributed by atoms with E-state index in [2.05, 4.69) is 10.6 Å². The van der Waals surface area contributed by atoms with Crippen molar-refractivity contribution >= 4 is 18.0 Å². The van der Waals surface area contributed by atoms with E-state index < -0.39 is 29.8 Å². The molecule has 1 atom stereocenters. The van der Waals surface area contributed by atoms with Crippen LogP contribution in [0.5, 0.6) is 0 Å². The number of halogens is 1. The van der Waals surface area contributed by atoms with Gasteiger partial charge in [-0.15, -0.1) is 0 Å². The van der Waals surface area contributed by atoms with Gasteiger partial charge in [-0.2, -0.15) is 0 Å². The minimum absolute atomic E-state index is 0.00266. The molecule has 2 amide bonds. The van der Waals surface area contributed by atoms with Crippen LogP contribution in [0.2, 0.25) is 0 Å². The molecule has 0 radical (unpaired) electrons. The molecule has 0 unspecified atom stereocenters. The van der Waals surface area contributed by atoms with E-state index in [1.54, 1.807) is 31.2 Å². The molecule has 7 nitrogen and oxygen atoms in total. The number of hydrogen-bond acceptors (Lipinski definition) is 5. The topological polar surface area (TPSA) is 93.7 Å². The van der Waals surface area contributed by atoms with Gasteiger partial charge < -0.3 is 20.1 Å². The Kier molecular flexibility index (Phi) is 9.36. The molecule has 0 heterocycles. The van der Waals surface area contributed by atoms with Crippen LogP contribution >= 0.6 is 0 Å². The van der Waals surface area contributed by atoms with Crippen LogP contribution in [0, 0.1) is 5.82 Å². The zero-order valence-corrected chi connectivity index (χ0v) is 19.3. The maximum absolute atomic E-state index is 13.8. The predicted octanol–water partition coefficient (Wildman–Crippen LogP) is 4.16. The van der Waals surface area contributed by atoms with Crippen molar-refractivity contribution in [3.8, 4) is 0 Å². The Morgan fingerprint density at radius 2 is 1.46 bits per heavy atom. The van der Waals surface area contributed by atoms with Crippen LogP contribution in [-0.4, -0.2) is 30.6 Å². The second kappa shape index (κ2) is 12.9. The quantitative estimate of drug-likeness (QED) is 0.427. The van der Waals surface area contributed by atoms with Crippen LogP contribution in [-0.2, 0) is 33.9 Å². The highest BCUT2D eigenvalue weighted by Gasteiger charge is 2.24. The fraction of sp³-hybridized carbons (Fsp3) is 0.222. The van der Waals surface area contributed by atoms with Crippen LogP contribution in [0.3, 0.4) is 0 Å². The summed E-state index contributed by atoms with van der Waals surface area (Å²) in [5.41, 5.74) is 2.20. The van der Waals surface area contributed by atoms with Gasteiger partial charge in [-0.05, 0) is 41.3 Å². The Labute approximate surface area is 203 Å². The highest BCUT2D eigenvalue weighted by molar-refractivity contribution is 5.95. The van der Waals surface area contributed by atoms with Crippen molar-refractivity contribution in [1.82, 2.24) is 10.6 Å². The number of aryl methyl sites for hydroxylation is 1. The van der Waals surface area contributed by atoms with Gasteiger partial charge in [-0.1, -0.05) is 67.6 Å². The smallest absolute Gasteiger partial charge is 0.408 e. The highest BCUT2D eigenvalue weighted by Crippen LogP contribution is 2.11. The summed E-state index contributed by atoms with van der Waals surface area (Å²) in [5.74, 6) is -1.64. The minimum atomic E-state index is -1.20. The number of carbonyl (C=O) groups is 3. The van der Waals surface area contributed by atoms with Crippen molar-refractivity contribution in [3.05, 3.63) is 107 Å². The molecule has 0 aliphatic rings. The summed E-state index contributed by atoms with van der Waals surface area (Å²) in [6, 6.07) is 21.0. The number of esters is 1. The summed E-state index contributed by atoms with van der Waals surface area (Å²) < 4.78 is 24.3. The van der Waals surface area contributed by atoms with E-state index >= 15 is 0 Å². The maximum Gasteiger partial charge on any atom is 0.408 e. The molecule has 182 valence electrons. The Bertz CT molecular complexity index is 1140. The average molecular weight is 479 g/mol. The minimum Gasteiger partial charge on any atom is -0.459 e. The van der Waals surface area contributed by atoms with Gasteiger partial charge in [-0.25, -0.2) is 14.0 Å². The first kappa shape index (κ1) is 25.4. The fourth-order valence-electron chi connectivity index (χ4n) is 3.21. The number of nitrogens with one attached hydrogen (secondary N) is 2. The molecule has 0 aliphatic heterocycles. The van der Waals surface area contributed by atoms with E-state index in [1.165, 1.54) is 18.2 Å². The van der Waals surface area contributed by atoms with E-state index in [4.69, 9.17) is 9.47 Å². The molecule has 0 saturated carbocycles. The van der Waals surface area contributed by atoms with Crippen molar-refractivity contribution in [2.24, 2.45) is 0 Å². The molecule has 0 aliphatic carbocycles. The second-order valence-corrected chi connectivity index (χ2v) is 7.72. The summed E-state index contributed by atoms with van der Waals surface area (Å²) in [4.78, 5) is 37.7. The zero-order valence-electron chi connectivity index (χ0n) is 19.3. The Morgan fingerprint density at radius 3 is 2.06 bits per heavy atom. The van der Waals surface area contributed by atoms with Crippen LogP contribution < -0.4 is 10.6 Å². The van der Waals surface area contributed by atoms with E-state index in [1.807, 2.05) is 36.4 Å². The molecule has 0 fully saturated rings. The normalized spacial score (nSPS) is 11.3. The SMILES string of the molecule is CCc1cc(C(=O)NC[C@@H](NC(=O)OCc2ccccc2)C(=O)OCc2ccccc2)ccc1F. The van der Waals surface area contributed by atoms with Crippen molar-refractivity contribution < 1.29 is 28.2 Å². The fourth-order valence-corrected chi connectivity index (χ4v) is 3.21. The zero-order chi connectivity index (χ0) is 25.0. The van der Waals surface area contributed by atoms with Crippen LogP contribution in [0.1, 0.15) is 34.0 Å². The molecule has 3 rings (SSSR count). The van der Waals surface area contributed by atoms with E-state index in [9.17, 15) is 18.8 Å². The monoisotopic (exact) mass is 478 g/mol. The van der Waals surface area contributed by atoms with E-state index in [0.29, 0.717) is 12.0 Å². The Balaban J connectivity index is 1.63. The van der Waals surface area contributed by atoms with Gasteiger partial charge in [0.1, 0.15) is 25.1 Å². The van der Waals surface area contributed by atoms with Crippen LogP contribution in [0.15, 0.2) is 78.9 Å². The molecule has 0 bridgehead atoms. The van der Waals surface area contributed by atoms with Crippen LogP contribution in [0.4, 0.5) is 9.18 Å². The van der Waals surface area contributed by atoms with Crippen molar-refractivity contribution in [2.75, 3.05) is 6.54 Å². The Hall–Kier alpha value is -4.20. The van der Waals surface area contributed by atoms with Gasteiger partial charge in [0, 0.05) is 12.1 Å². The first-order valence-corrected chi connectivity index (χ1v) is 11.2. The summed E-state index contributed by atoms with van der Waals surface area (Å²) in [7, 11) is 0. The number of rotatable bonds is 10. The third-order valence-electron chi connectivity index (χ3n) is 5.17. The van der Waals surface area contributed by atoms with Crippen LogP contribution in [0.25, 0.3) is 0 Å². The van der Waals surface area contributed by atoms with E-state index in [-0.39, 0.29) is 25.3 Å². The number of carbonyl (C=O) groups excluding carboxylic acids is 3. The number of amides is 2. The molecule has 8 heteroatoms. The van der Waals surface area contributed by atoms with Gasteiger partial charge >= 0.3 is 12.1 Å². The standard InChI is InChI=1S/C27H27FN2O5/c1-2-21-15-22(13-14-23(21)28)25(31)29-16-24(26(32)34-17-19-9-5-3-6-10-19)30-27(33)35-18-20-11-7-4-8-12-20/h3-15,24H,2,16-18H2,1H3,(H,29,31)(H,30,33)/t24-/m1/s1. The first-order chi connectivity index (χ1) is 17.0. The molecule has 0 spiro atoms. The second-order valence-electron chi connectivity index (χ2n) is 7.72.